The normalized spacial score (nSPS) is 9.70. The van der Waals surface area contributed by atoms with Gasteiger partial charge in [0, 0.05) is 11.1 Å². The van der Waals surface area contributed by atoms with Crippen LogP contribution in [0.1, 0.15) is 31.8 Å². The number of benzene rings is 1. The molecule has 10 nitrogen and oxygen atoms in total. The third-order valence-corrected chi connectivity index (χ3v) is 2.66. The van der Waals surface area contributed by atoms with Gasteiger partial charge in [-0.05, 0) is 37.1 Å². The number of carbonyl (C=O) groups is 2. The van der Waals surface area contributed by atoms with Crippen molar-refractivity contribution in [3.05, 3.63) is 54.6 Å². The highest BCUT2D eigenvalue weighted by Crippen LogP contribution is 2.18. The van der Waals surface area contributed by atoms with Crippen molar-refractivity contribution in [1.29, 1.82) is 0 Å². The number of nitrogens with zero attached hydrogens (tertiary/aromatic N) is 2. The van der Waals surface area contributed by atoms with Crippen molar-refractivity contribution in [3.8, 4) is 0 Å². The quantitative estimate of drug-likeness (QED) is 0.593. The third-order valence-electron chi connectivity index (χ3n) is 2.66. The maximum absolute atomic E-state index is 11.5. The van der Waals surface area contributed by atoms with Crippen LogP contribution in [0.25, 0.3) is 0 Å². The van der Waals surface area contributed by atoms with Gasteiger partial charge < -0.3 is 0 Å². The lowest BCUT2D eigenvalue weighted by Crippen LogP contribution is -2.31. The van der Waals surface area contributed by atoms with Crippen LogP contribution in [-0.4, -0.2) is 21.9 Å². The molecule has 0 aliphatic rings. The van der Waals surface area contributed by atoms with E-state index in [1.165, 1.54) is 36.8 Å². The Balaban J connectivity index is 3.15. The zero-order valence-electron chi connectivity index (χ0n) is 10.5. The first-order valence-corrected chi connectivity index (χ1v) is 5.25. The molecule has 0 spiro atoms. The average molecular weight is 282 g/mol. The summed E-state index contributed by atoms with van der Waals surface area (Å²) in [6, 6.07) is 2.38. The number of hydrogen-bond donors (Lipinski definition) is 2. The van der Waals surface area contributed by atoms with Crippen molar-refractivity contribution in [2.75, 3.05) is 0 Å². The first kappa shape index (κ1) is 15.0. The maximum Gasteiger partial charge on any atom is 0.311 e. The molecule has 0 atom stereocenters. The largest absolute Gasteiger partial charge is 0.311 e. The highest BCUT2D eigenvalue weighted by Gasteiger charge is 2.20. The van der Waals surface area contributed by atoms with Crippen LogP contribution in [-0.2, 0) is 0 Å². The van der Waals surface area contributed by atoms with Crippen molar-refractivity contribution in [3.63, 3.8) is 0 Å². The molecule has 0 heterocycles. The second kappa shape index (κ2) is 5.73. The fourth-order valence-corrected chi connectivity index (χ4v) is 1.60. The lowest BCUT2D eigenvalue weighted by molar-refractivity contribution is -0.527. The van der Waals surface area contributed by atoms with Crippen LogP contribution in [0, 0.1) is 34.1 Å². The van der Waals surface area contributed by atoms with Gasteiger partial charge in [0.05, 0.1) is 0 Å². The van der Waals surface area contributed by atoms with Crippen molar-refractivity contribution in [2.24, 2.45) is 0 Å². The Hall–Kier alpha value is -3.04. The molecule has 2 N–H and O–H groups in total. The van der Waals surface area contributed by atoms with E-state index in [-0.39, 0.29) is 11.1 Å². The maximum atomic E-state index is 11.5. The molecule has 106 valence electrons. The molecule has 1 aromatic carbocycles. The van der Waals surface area contributed by atoms with Crippen molar-refractivity contribution in [1.82, 2.24) is 10.9 Å². The molecule has 20 heavy (non-hydrogen) atoms. The van der Waals surface area contributed by atoms with Gasteiger partial charge in [-0.25, -0.2) is 20.2 Å². The van der Waals surface area contributed by atoms with Crippen LogP contribution in [0.2, 0.25) is 0 Å². The molecule has 2 amide bonds. The van der Waals surface area contributed by atoms with Crippen LogP contribution in [0.3, 0.4) is 0 Å². The molecule has 1 aromatic rings. The van der Waals surface area contributed by atoms with E-state index in [1.54, 1.807) is 0 Å². The fraction of sp³-hybridized carbons (Fsp3) is 0.200. The lowest BCUT2D eigenvalue weighted by atomic mass is 9.97. The minimum absolute atomic E-state index is 0.0110. The van der Waals surface area contributed by atoms with E-state index in [0.717, 1.165) is 0 Å². The monoisotopic (exact) mass is 282 g/mol. The lowest BCUT2D eigenvalue weighted by Gasteiger charge is -2.09. The van der Waals surface area contributed by atoms with Gasteiger partial charge in [0.15, 0.2) is 10.1 Å². The number of carbonyl (C=O) groups excluding carboxylic acids is 2. The molecule has 0 bridgehead atoms. The van der Waals surface area contributed by atoms with Crippen LogP contribution in [0.4, 0.5) is 0 Å². The molecular formula is C10H10N4O6. The number of hydrazine groups is 2. The summed E-state index contributed by atoms with van der Waals surface area (Å²) < 4.78 is 0. The second-order valence-corrected chi connectivity index (χ2v) is 3.81. The second-order valence-electron chi connectivity index (χ2n) is 3.81. The van der Waals surface area contributed by atoms with Gasteiger partial charge in [-0.1, -0.05) is 10.9 Å². The molecule has 10 heteroatoms. The number of hydrogen-bond acceptors (Lipinski definition) is 6. The zero-order valence-corrected chi connectivity index (χ0v) is 10.5. The summed E-state index contributed by atoms with van der Waals surface area (Å²) in [4.78, 5) is 43.5. The van der Waals surface area contributed by atoms with E-state index in [9.17, 15) is 29.8 Å². The molecule has 0 aromatic heterocycles. The van der Waals surface area contributed by atoms with Gasteiger partial charge in [-0.3, -0.25) is 9.59 Å². The molecular weight excluding hydrogens is 272 g/mol. The summed E-state index contributed by atoms with van der Waals surface area (Å²) in [6.45, 7) is 2.96. The molecule has 0 aliphatic carbocycles. The van der Waals surface area contributed by atoms with Gasteiger partial charge in [-0.15, -0.1) is 0 Å². The molecule has 0 aliphatic heterocycles. The van der Waals surface area contributed by atoms with Crippen LogP contribution in [0.15, 0.2) is 12.1 Å². The molecule has 1 rings (SSSR count). The first-order chi connectivity index (χ1) is 9.23. The third kappa shape index (κ3) is 3.25. The summed E-state index contributed by atoms with van der Waals surface area (Å²) >= 11 is 0. The summed E-state index contributed by atoms with van der Waals surface area (Å²) in [5.41, 5.74) is 3.63. The molecule has 0 fully saturated rings. The van der Waals surface area contributed by atoms with E-state index >= 15 is 0 Å². The van der Waals surface area contributed by atoms with Gasteiger partial charge in [0.1, 0.15) is 0 Å². The van der Waals surface area contributed by atoms with Gasteiger partial charge in [0.25, 0.3) is 0 Å². The molecule has 0 saturated heterocycles. The average Bonchev–Trinajstić information content (AvgIpc) is 2.30. The van der Waals surface area contributed by atoms with E-state index in [2.05, 4.69) is 0 Å². The number of nitro groups is 2. The standard InChI is InChI=1S/C10H10N4O6/c1-5-6(2)8(10(16)12-14(19)20)4-3-7(5)9(15)11-13(17)18/h3-4H,1-2H3,(H,11,15)(H,12,16). The first-order valence-electron chi connectivity index (χ1n) is 5.25. The van der Waals surface area contributed by atoms with Gasteiger partial charge >= 0.3 is 11.8 Å². The summed E-state index contributed by atoms with van der Waals surface area (Å²) in [7, 11) is 0. The van der Waals surface area contributed by atoms with Crippen LogP contribution >= 0.6 is 0 Å². The Morgan fingerprint density at radius 3 is 1.45 bits per heavy atom. The summed E-state index contributed by atoms with van der Waals surface area (Å²) in [6.07, 6.45) is 0. The van der Waals surface area contributed by atoms with Crippen molar-refractivity contribution in [2.45, 2.75) is 13.8 Å². The summed E-state index contributed by atoms with van der Waals surface area (Å²) in [5, 5.41) is 18.4. The number of nitrogens with one attached hydrogen (secondary N) is 2. The van der Waals surface area contributed by atoms with E-state index in [4.69, 9.17) is 0 Å². The van der Waals surface area contributed by atoms with Crippen LogP contribution in [0.5, 0.6) is 0 Å². The molecule has 0 unspecified atom stereocenters. The van der Waals surface area contributed by atoms with E-state index in [1.807, 2.05) is 0 Å². The minimum Gasteiger partial charge on any atom is -0.263 e. The smallest absolute Gasteiger partial charge is 0.263 e. The highest BCUT2D eigenvalue weighted by molar-refractivity contribution is 5.99. The Morgan fingerprint density at radius 1 is 0.900 bits per heavy atom. The van der Waals surface area contributed by atoms with E-state index in [0.29, 0.717) is 11.1 Å². The zero-order chi connectivity index (χ0) is 15.4. The summed E-state index contributed by atoms with van der Waals surface area (Å²) in [5.74, 6) is -1.87. The minimum atomic E-state index is -0.996. The predicted octanol–water partition coefficient (Wildman–Crippen LogP) is 0.146. The predicted molar refractivity (Wildman–Crippen MR) is 64.8 cm³/mol. The Kier molecular flexibility index (Phi) is 4.31. The topological polar surface area (TPSA) is 144 Å². The van der Waals surface area contributed by atoms with Gasteiger partial charge in [0.2, 0.25) is 0 Å². The number of rotatable bonds is 4. The SMILES string of the molecule is Cc1c(C(=O)N[N+](=O)[O-])ccc(C(=O)N[N+](=O)[O-])c1C. The highest BCUT2D eigenvalue weighted by atomic mass is 16.7. The molecule has 0 saturated carbocycles. The Morgan fingerprint density at radius 2 is 1.20 bits per heavy atom. The van der Waals surface area contributed by atoms with E-state index < -0.39 is 21.9 Å². The fourth-order valence-electron chi connectivity index (χ4n) is 1.60. The number of amides is 2. The molecule has 0 radical (unpaired) electrons. The Bertz CT molecular complexity index is 559. The van der Waals surface area contributed by atoms with Crippen molar-refractivity contribution >= 4 is 11.8 Å². The van der Waals surface area contributed by atoms with Gasteiger partial charge in [-0.2, -0.15) is 0 Å². The van der Waals surface area contributed by atoms with Crippen molar-refractivity contribution < 1.29 is 19.7 Å². The van der Waals surface area contributed by atoms with Crippen LogP contribution < -0.4 is 10.9 Å². The Labute approximate surface area is 112 Å².